The van der Waals surface area contributed by atoms with Gasteiger partial charge in [0.05, 0.1) is 0 Å². The molecule has 0 amide bonds. The minimum absolute atomic E-state index is 0.305. The summed E-state index contributed by atoms with van der Waals surface area (Å²) in [5.41, 5.74) is 1.29. The molecule has 1 N–H and O–H groups in total. The van der Waals surface area contributed by atoms with Crippen molar-refractivity contribution in [1.82, 2.24) is 4.98 Å². The van der Waals surface area contributed by atoms with E-state index in [1.54, 1.807) is 0 Å². The van der Waals surface area contributed by atoms with Crippen LogP contribution in [0.2, 0.25) is 0 Å². The Morgan fingerprint density at radius 2 is 2.13 bits per heavy atom. The van der Waals surface area contributed by atoms with Crippen LogP contribution in [0.1, 0.15) is 33.3 Å². The lowest BCUT2D eigenvalue weighted by atomic mass is 10.2. The molecular formula is C12H20N2S. The number of aromatic nitrogens is 1. The molecule has 0 atom stereocenters. The highest BCUT2D eigenvalue weighted by Gasteiger charge is 2.12. The molecule has 0 radical (unpaired) electrons. The van der Waals surface area contributed by atoms with E-state index in [0.29, 0.717) is 4.75 Å². The highest BCUT2D eigenvalue weighted by molar-refractivity contribution is 7.99. The Bertz CT molecular complexity index is 305. The summed E-state index contributed by atoms with van der Waals surface area (Å²) in [5.74, 6) is 2.04. The first-order chi connectivity index (χ1) is 7.03. The van der Waals surface area contributed by atoms with Crippen LogP contribution in [0.25, 0.3) is 0 Å². The fourth-order valence-electron chi connectivity index (χ4n) is 1.18. The van der Waals surface area contributed by atoms with Crippen LogP contribution in [-0.4, -0.2) is 16.3 Å². The third-order valence-electron chi connectivity index (χ3n) is 1.90. The summed E-state index contributed by atoms with van der Waals surface area (Å²) >= 11 is 1.95. The number of hydrogen-bond donors (Lipinski definition) is 1. The highest BCUT2D eigenvalue weighted by Crippen LogP contribution is 2.29. The minimum Gasteiger partial charge on any atom is -0.370 e. The number of rotatable bonds is 4. The Balaban J connectivity index is 2.67. The zero-order valence-corrected chi connectivity index (χ0v) is 10.8. The lowest BCUT2D eigenvalue weighted by Crippen LogP contribution is -2.09. The topological polar surface area (TPSA) is 24.9 Å². The fraction of sp³-hybridized carbons (Fsp3) is 0.583. The van der Waals surface area contributed by atoms with Crippen molar-refractivity contribution in [3.8, 4) is 0 Å². The summed E-state index contributed by atoms with van der Waals surface area (Å²) in [6.45, 7) is 9.72. The van der Waals surface area contributed by atoms with E-state index in [9.17, 15) is 0 Å². The van der Waals surface area contributed by atoms with E-state index < -0.39 is 0 Å². The van der Waals surface area contributed by atoms with Crippen molar-refractivity contribution in [3.63, 3.8) is 0 Å². The van der Waals surface area contributed by atoms with Gasteiger partial charge in [-0.1, -0.05) is 26.8 Å². The summed E-state index contributed by atoms with van der Waals surface area (Å²) < 4.78 is 0.305. The van der Waals surface area contributed by atoms with Crippen molar-refractivity contribution < 1.29 is 0 Å². The highest BCUT2D eigenvalue weighted by atomic mass is 32.2. The van der Waals surface area contributed by atoms with Crippen LogP contribution >= 0.6 is 11.8 Å². The molecule has 84 valence electrons. The molecule has 1 aromatic rings. The fourth-order valence-corrected chi connectivity index (χ4v) is 2.00. The number of anilines is 1. The quantitative estimate of drug-likeness (QED) is 0.846. The third-order valence-corrected chi connectivity index (χ3v) is 3.22. The number of pyridine rings is 1. The maximum atomic E-state index is 4.34. The zero-order chi connectivity index (χ0) is 11.3. The van der Waals surface area contributed by atoms with Crippen molar-refractivity contribution in [2.24, 2.45) is 0 Å². The van der Waals surface area contributed by atoms with Crippen molar-refractivity contribution in [3.05, 3.63) is 23.9 Å². The van der Waals surface area contributed by atoms with E-state index in [4.69, 9.17) is 0 Å². The normalized spacial score (nSPS) is 11.5. The van der Waals surface area contributed by atoms with Crippen molar-refractivity contribution in [1.29, 1.82) is 0 Å². The second kappa shape index (κ2) is 5.40. The Kier molecular flexibility index (Phi) is 4.45. The van der Waals surface area contributed by atoms with Gasteiger partial charge in [-0.15, -0.1) is 0 Å². The molecule has 0 aliphatic heterocycles. The van der Waals surface area contributed by atoms with Gasteiger partial charge < -0.3 is 5.32 Å². The zero-order valence-electron chi connectivity index (χ0n) is 10.0. The Labute approximate surface area is 96.9 Å². The Hall–Kier alpha value is -0.700. The van der Waals surface area contributed by atoms with Gasteiger partial charge in [0.2, 0.25) is 0 Å². The molecule has 0 aliphatic carbocycles. The molecule has 0 aliphatic rings. The molecule has 0 fully saturated rings. The second-order valence-electron chi connectivity index (χ2n) is 4.44. The van der Waals surface area contributed by atoms with Crippen LogP contribution in [0.4, 0.5) is 5.82 Å². The smallest absolute Gasteiger partial charge is 0.129 e. The van der Waals surface area contributed by atoms with E-state index in [-0.39, 0.29) is 0 Å². The van der Waals surface area contributed by atoms with E-state index in [0.717, 1.165) is 18.1 Å². The molecule has 1 aromatic heterocycles. The van der Waals surface area contributed by atoms with E-state index in [2.05, 4.69) is 44.1 Å². The largest absolute Gasteiger partial charge is 0.370 e. The third kappa shape index (κ3) is 4.56. The standard InChI is InChI=1S/C12H20N2S/c1-5-13-11-10(7-6-8-14-11)9-15-12(2,3)4/h6-8H,5,9H2,1-4H3,(H,13,14). The average molecular weight is 224 g/mol. The van der Waals surface area contributed by atoms with Crippen LogP contribution in [0.3, 0.4) is 0 Å². The molecule has 0 saturated heterocycles. The monoisotopic (exact) mass is 224 g/mol. The molecule has 1 rings (SSSR count). The van der Waals surface area contributed by atoms with Gasteiger partial charge in [0.1, 0.15) is 5.82 Å². The van der Waals surface area contributed by atoms with E-state index in [1.165, 1.54) is 5.56 Å². The summed E-state index contributed by atoms with van der Waals surface area (Å²) in [6.07, 6.45) is 1.84. The maximum absolute atomic E-state index is 4.34. The van der Waals surface area contributed by atoms with Gasteiger partial charge in [-0.3, -0.25) is 0 Å². The first-order valence-electron chi connectivity index (χ1n) is 5.34. The summed E-state index contributed by atoms with van der Waals surface area (Å²) in [6, 6.07) is 4.14. The summed E-state index contributed by atoms with van der Waals surface area (Å²) in [7, 11) is 0. The van der Waals surface area contributed by atoms with Gasteiger partial charge in [-0.05, 0) is 13.0 Å². The van der Waals surface area contributed by atoms with E-state index in [1.807, 2.05) is 24.0 Å². The van der Waals surface area contributed by atoms with Gasteiger partial charge in [-0.25, -0.2) is 4.98 Å². The lowest BCUT2D eigenvalue weighted by Gasteiger charge is -2.18. The van der Waals surface area contributed by atoms with Gasteiger partial charge >= 0.3 is 0 Å². The maximum Gasteiger partial charge on any atom is 0.129 e. The predicted molar refractivity (Wildman–Crippen MR) is 69.4 cm³/mol. The van der Waals surface area contributed by atoms with Crippen LogP contribution in [0.15, 0.2) is 18.3 Å². The number of nitrogens with one attached hydrogen (secondary N) is 1. The predicted octanol–water partition coefficient (Wildman–Crippen LogP) is 3.55. The number of thioether (sulfide) groups is 1. The molecule has 0 unspecified atom stereocenters. The molecule has 3 heteroatoms. The molecule has 15 heavy (non-hydrogen) atoms. The van der Waals surface area contributed by atoms with Crippen molar-refractivity contribution >= 4 is 17.6 Å². The van der Waals surface area contributed by atoms with Gasteiger partial charge in [0.15, 0.2) is 0 Å². The molecule has 0 spiro atoms. The van der Waals surface area contributed by atoms with Crippen molar-refractivity contribution in [2.75, 3.05) is 11.9 Å². The molecule has 0 aromatic carbocycles. The SMILES string of the molecule is CCNc1ncccc1CSC(C)(C)C. The summed E-state index contributed by atoms with van der Waals surface area (Å²) in [5, 5.41) is 3.29. The number of nitrogens with zero attached hydrogens (tertiary/aromatic N) is 1. The van der Waals surface area contributed by atoms with E-state index >= 15 is 0 Å². The van der Waals surface area contributed by atoms with Crippen LogP contribution < -0.4 is 5.32 Å². The van der Waals surface area contributed by atoms with Gasteiger partial charge in [-0.2, -0.15) is 11.8 Å². The average Bonchev–Trinajstić information content (AvgIpc) is 2.16. The van der Waals surface area contributed by atoms with Crippen LogP contribution in [0, 0.1) is 0 Å². The van der Waals surface area contributed by atoms with Crippen LogP contribution in [0.5, 0.6) is 0 Å². The Morgan fingerprint density at radius 1 is 1.40 bits per heavy atom. The summed E-state index contributed by atoms with van der Waals surface area (Å²) in [4.78, 5) is 4.34. The Morgan fingerprint density at radius 3 is 2.73 bits per heavy atom. The molecule has 2 nitrogen and oxygen atoms in total. The molecule has 1 heterocycles. The first kappa shape index (κ1) is 12.4. The first-order valence-corrected chi connectivity index (χ1v) is 6.33. The number of hydrogen-bond acceptors (Lipinski definition) is 3. The molecule has 0 bridgehead atoms. The second-order valence-corrected chi connectivity index (χ2v) is 6.24. The van der Waals surface area contributed by atoms with Crippen LogP contribution in [-0.2, 0) is 5.75 Å². The minimum atomic E-state index is 0.305. The van der Waals surface area contributed by atoms with Gasteiger partial charge in [0.25, 0.3) is 0 Å². The van der Waals surface area contributed by atoms with Gasteiger partial charge in [0, 0.05) is 28.8 Å². The van der Waals surface area contributed by atoms with Crippen molar-refractivity contribution in [2.45, 2.75) is 38.2 Å². The molecular weight excluding hydrogens is 204 g/mol. The lowest BCUT2D eigenvalue weighted by molar-refractivity contribution is 0.802. The molecule has 0 saturated carbocycles.